The fourth-order valence-electron chi connectivity index (χ4n) is 2.71. The number of benzene rings is 1. The third kappa shape index (κ3) is 3.91. The van der Waals surface area contributed by atoms with E-state index in [1.165, 1.54) is 11.3 Å². The van der Waals surface area contributed by atoms with Gasteiger partial charge in [-0.3, -0.25) is 14.7 Å². The third-order valence-corrected chi connectivity index (χ3v) is 5.28. The summed E-state index contributed by atoms with van der Waals surface area (Å²) in [6, 6.07) is 13.2. The van der Waals surface area contributed by atoms with Crippen molar-refractivity contribution in [2.24, 2.45) is 0 Å². The van der Waals surface area contributed by atoms with E-state index in [2.05, 4.69) is 10.2 Å². The van der Waals surface area contributed by atoms with Crippen LogP contribution in [0.2, 0.25) is 0 Å². The number of ketones is 1. The van der Waals surface area contributed by atoms with Gasteiger partial charge in [0.25, 0.3) is 5.91 Å². The molecular formula is C20H21N3O2S. The molecule has 5 nitrogen and oxygen atoms in total. The van der Waals surface area contributed by atoms with Crippen LogP contribution in [0.25, 0.3) is 10.4 Å². The van der Waals surface area contributed by atoms with Gasteiger partial charge in [-0.2, -0.15) is 5.10 Å². The maximum Gasteiger partial charge on any atom is 0.253 e. The van der Waals surface area contributed by atoms with Gasteiger partial charge in [-0.15, -0.1) is 11.3 Å². The average Bonchev–Trinajstić information content (AvgIpc) is 3.30. The van der Waals surface area contributed by atoms with Gasteiger partial charge in [0.2, 0.25) is 0 Å². The highest BCUT2D eigenvalue weighted by atomic mass is 32.1. The SMILES string of the molecule is CCC(=O)c1ccc(-c2cccc(C(=O)N(C)Cc3cc(C)[nH]n3)c2)s1. The van der Waals surface area contributed by atoms with E-state index in [4.69, 9.17) is 0 Å². The second-order valence-corrected chi connectivity index (χ2v) is 7.31. The number of carbonyl (C=O) groups excluding carboxylic acids is 2. The topological polar surface area (TPSA) is 66.1 Å². The molecule has 26 heavy (non-hydrogen) atoms. The summed E-state index contributed by atoms with van der Waals surface area (Å²) in [7, 11) is 1.77. The zero-order valence-corrected chi connectivity index (χ0v) is 15.9. The molecule has 0 spiro atoms. The molecule has 3 rings (SSSR count). The molecule has 0 saturated heterocycles. The molecule has 0 aliphatic rings. The molecule has 0 radical (unpaired) electrons. The summed E-state index contributed by atoms with van der Waals surface area (Å²) >= 11 is 1.46. The summed E-state index contributed by atoms with van der Waals surface area (Å²) in [6.07, 6.45) is 0.496. The minimum atomic E-state index is -0.0612. The second-order valence-electron chi connectivity index (χ2n) is 6.22. The molecule has 2 aromatic heterocycles. The molecule has 6 heteroatoms. The third-order valence-electron chi connectivity index (χ3n) is 4.10. The van der Waals surface area contributed by atoms with Crippen molar-refractivity contribution in [3.8, 4) is 10.4 Å². The lowest BCUT2D eigenvalue weighted by Crippen LogP contribution is -2.26. The number of hydrogen-bond acceptors (Lipinski definition) is 4. The minimum Gasteiger partial charge on any atom is -0.336 e. The molecule has 1 amide bonds. The highest BCUT2D eigenvalue weighted by Gasteiger charge is 2.15. The Morgan fingerprint density at radius 3 is 2.69 bits per heavy atom. The molecule has 0 saturated carbocycles. The molecule has 2 heterocycles. The van der Waals surface area contributed by atoms with E-state index in [0.717, 1.165) is 26.7 Å². The Morgan fingerprint density at radius 1 is 1.19 bits per heavy atom. The van der Waals surface area contributed by atoms with Crippen molar-refractivity contribution in [1.29, 1.82) is 0 Å². The Balaban J connectivity index is 1.78. The summed E-state index contributed by atoms with van der Waals surface area (Å²) in [5.41, 5.74) is 3.36. The van der Waals surface area contributed by atoms with Gasteiger partial charge in [0.1, 0.15) is 0 Å². The summed E-state index contributed by atoms with van der Waals surface area (Å²) < 4.78 is 0. The Kier molecular flexibility index (Phi) is 5.32. The molecule has 0 aliphatic heterocycles. The largest absolute Gasteiger partial charge is 0.336 e. The van der Waals surface area contributed by atoms with Crippen LogP contribution in [0.1, 0.15) is 44.8 Å². The van der Waals surface area contributed by atoms with Crippen LogP contribution in [0.4, 0.5) is 0 Å². The maximum absolute atomic E-state index is 12.7. The summed E-state index contributed by atoms with van der Waals surface area (Å²) in [5.74, 6) is 0.0800. The van der Waals surface area contributed by atoms with Crippen molar-refractivity contribution >= 4 is 23.0 Å². The van der Waals surface area contributed by atoms with Gasteiger partial charge < -0.3 is 4.90 Å². The van der Waals surface area contributed by atoms with Crippen LogP contribution in [-0.4, -0.2) is 33.8 Å². The Morgan fingerprint density at radius 2 is 2.00 bits per heavy atom. The zero-order chi connectivity index (χ0) is 18.7. The molecule has 1 N–H and O–H groups in total. The fourth-order valence-corrected chi connectivity index (χ4v) is 3.73. The first kappa shape index (κ1) is 18.1. The van der Waals surface area contributed by atoms with E-state index in [9.17, 15) is 9.59 Å². The standard InChI is InChI=1S/C20H21N3O2S/c1-4-17(24)19-9-8-18(26-19)14-6-5-7-15(11-14)20(25)23(3)12-16-10-13(2)21-22-16/h5-11H,4,12H2,1-3H3,(H,21,22). The van der Waals surface area contributed by atoms with Crippen molar-refractivity contribution in [2.45, 2.75) is 26.8 Å². The summed E-state index contributed by atoms with van der Waals surface area (Å²) in [6.45, 7) is 4.24. The van der Waals surface area contributed by atoms with E-state index in [-0.39, 0.29) is 11.7 Å². The van der Waals surface area contributed by atoms with Crippen molar-refractivity contribution in [1.82, 2.24) is 15.1 Å². The van der Waals surface area contributed by atoms with Crippen LogP contribution in [0, 0.1) is 6.92 Å². The van der Waals surface area contributed by atoms with Gasteiger partial charge in [-0.05, 0) is 42.8 Å². The van der Waals surface area contributed by atoms with E-state index in [1.54, 1.807) is 11.9 Å². The van der Waals surface area contributed by atoms with Crippen molar-refractivity contribution in [3.63, 3.8) is 0 Å². The number of aryl methyl sites for hydroxylation is 1. The molecular weight excluding hydrogens is 346 g/mol. The number of H-pyrrole nitrogens is 1. The van der Waals surface area contributed by atoms with Crippen LogP contribution in [0.15, 0.2) is 42.5 Å². The highest BCUT2D eigenvalue weighted by molar-refractivity contribution is 7.17. The lowest BCUT2D eigenvalue weighted by Gasteiger charge is -2.16. The maximum atomic E-state index is 12.7. The fraction of sp³-hybridized carbons (Fsp3) is 0.250. The van der Waals surface area contributed by atoms with Crippen LogP contribution >= 0.6 is 11.3 Å². The van der Waals surface area contributed by atoms with E-state index < -0.39 is 0 Å². The predicted molar refractivity (Wildman–Crippen MR) is 103 cm³/mol. The predicted octanol–water partition coefficient (Wildman–Crippen LogP) is 4.31. The van der Waals surface area contributed by atoms with Crippen molar-refractivity contribution < 1.29 is 9.59 Å². The number of Topliss-reactive ketones (excluding diaryl/α,β-unsaturated/α-hetero) is 1. The van der Waals surface area contributed by atoms with E-state index in [1.807, 2.05) is 56.3 Å². The molecule has 3 aromatic rings. The number of rotatable bonds is 6. The Bertz CT molecular complexity index is 942. The molecule has 0 atom stereocenters. The van der Waals surface area contributed by atoms with Gasteiger partial charge in [0.15, 0.2) is 5.78 Å². The van der Waals surface area contributed by atoms with Crippen LogP contribution < -0.4 is 0 Å². The van der Waals surface area contributed by atoms with Gasteiger partial charge in [0, 0.05) is 29.6 Å². The average molecular weight is 367 g/mol. The first-order valence-electron chi connectivity index (χ1n) is 8.47. The summed E-state index contributed by atoms with van der Waals surface area (Å²) in [4.78, 5) is 28.0. The van der Waals surface area contributed by atoms with E-state index >= 15 is 0 Å². The number of carbonyl (C=O) groups is 2. The number of nitrogens with one attached hydrogen (secondary N) is 1. The van der Waals surface area contributed by atoms with Crippen LogP contribution in [-0.2, 0) is 6.54 Å². The highest BCUT2D eigenvalue weighted by Crippen LogP contribution is 2.29. The first-order chi connectivity index (χ1) is 12.5. The Hall–Kier alpha value is -2.73. The Labute approximate surface area is 156 Å². The smallest absolute Gasteiger partial charge is 0.253 e. The molecule has 0 aliphatic carbocycles. The van der Waals surface area contributed by atoms with Crippen molar-refractivity contribution in [3.05, 3.63) is 64.3 Å². The van der Waals surface area contributed by atoms with Crippen molar-refractivity contribution in [2.75, 3.05) is 7.05 Å². The van der Waals surface area contributed by atoms with Gasteiger partial charge in [0.05, 0.1) is 17.1 Å². The second kappa shape index (κ2) is 7.66. The zero-order valence-electron chi connectivity index (χ0n) is 15.1. The quantitative estimate of drug-likeness (QED) is 0.660. The molecule has 0 bridgehead atoms. The van der Waals surface area contributed by atoms with Gasteiger partial charge >= 0.3 is 0 Å². The lowest BCUT2D eigenvalue weighted by molar-refractivity contribution is 0.0783. The lowest BCUT2D eigenvalue weighted by atomic mass is 10.1. The number of aromatic amines is 1. The number of amides is 1. The van der Waals surface area contributed by atoms with Gasteiger partial charge in [-0.1, -0.05) is 19.1 Å². The molecule has 0 unspecified atom stereocenters. The number of hydrogen-bond donors (Lipinski definition) is 1. The molecule has 0 fully saturated rings. The number of nitrogens with zero attached hydrogens (tertiary/aromatic N) is 2. The van der Waals surface area contributed by atoms with E-state index in [0.29, 0.717) is 18.5 Å². The monoisotopic (exact) mass is 367 g/mol. The minimum absolute atomic E-state index is 0.0612. The van der Waals surface area contributed by atoms with Gasteiger partial charge in [-0.25, -0.2) is 0 Å². The van der Waals surface area contributed by atoms with Crippen LogP contribution in [0.5, 0.6) is 0 Å². The molecule has 134 valence electrons. The summed E-state index contributed by atoms with van der Waals surface area (Å²) in [5, 5.41) is 7.06. The normalized spacial score (nSPS) is 10.7. The number of aromatic nitrogens is 2. The first-order valence-corrected chi connectivity index (χ1v) is 9.29. The number of thiophene rings is 1. The van der Waals surface area contributed by atoms with Crippen LogP contribution in [0.3, 0.4) is 0 Å². The molecule has 1 aromatic carbocycles.